The lowest BCUT2D eigenvalue weighted by Gasteiger charge is -2.08. The topological polar surface area (TPSA) is 90.2 Å². The van der Waals surface area contributed by atoms with Gasteiger partial charge in [0.25, 0.3) is 0 Å². The maximum absolute atomic E-state index is 11.6. The predicted molar refractivity (Wildman–Crippen MR) is 70.8 cm³/mol. The third-order valence-electron chi connectivity index (χ3n) is 2.60. The van der Waals surface area contributed by atoms with Crippen molar-refractivity contribution in [2.24, 2.45) is 5.92 Å². The number of halogens is 1. The number of carboxylic acid groups (broad SMARTS) is 1. The first kappa shape index (κ1) is 15.0. The van der Waals surface area contributed by atoms with E-state index in [-0.39, 0.29) is 23.8 Å². The Kier molecular flexibility index (Phi) is 5.34. The van der Waals surface area contributed by atoms with E-state index in [1.54, 1.807) is 13.0 Å². The zero-order valence-corrected chi connectivity index (χ0v) is 11.1. The molecule has 1 atom stereocenters. The zero-order valence-electron chi connectivity index (χ0n) is 10.3. The highest BCUT2D eigenvalue weighted by atomic mass is 35.5. The third kappa shape index (κ3) is 4.60. The fourth-order valence-corrected chi connectivity index (χ4v) is 1.60. The Bertz CT molecular complexity index is 537. The van der Waals surface area contributed by atoms with Crippen LogP contribution >= 0.6 is 11.6 Å². The Morgan fingerprint density at radius 2 is 2.21 bits per heavy atom. The second-order valence-electron chi connectivity index (χ2n) is 4.13. The number of carboxylic acids is 1. The number of hydrogen-bond donors (Lipinski definition) is 2. The van der Waals surface area contributed by atoms with Crippen LogP contribution in [0.2, 0.25) is 5.02 Å². The first-order valence-corrected chi connectivity index (χ1v) is 6.04. The fourth-order valence-electron chi connectivity index (χ4n) is 1.38. The molecule has 100 valence electrons. The van der Waals surface area contributed by atoms with Crippen molar-refractivity contribution in [1.82, 2.24) is 0 Å². The normalized spacial score (nSPS) is 11.4. The minimum Gasteiger partial charge on any atom is -0.481 e. The number of nitrogens with zero attached hydrogens (tertiary/aromatic N) is 1. The molecule has 1 aromatic carbocycles. The smallest absolute Gasteiger partial charge is 0.306 e. The summed E-state index contributed by atoms with van der Waals surface area (Å²) in [5.41, 5.74) is 0.816. The van der Waals surface area contributed by atoms with E-state index in [4.69, 9.17) is 22.0 Å². The first-order valence-electron chi connectivity index (χ1n) is 5.66. The monoisotopic (exact) mass is 280 g/mol. The summed E-state index contributed by atoms with van der Waals surface area (Å²) in [6, 6.07) is 6.49. The number of carbonyl (C=O) groups excluding carboxylic acids is 1. The molecule has 1 rings (SSSR count). The van der Waals surface area contributed by atoms with Crippen LogP contribution in [0.3, 0.4) is 0 Å². The van der Waals surface area contributed by atoms with Gasteiger partial charge in [0.05, 0.1) is 16.5 Å². The first-order chi connectivity index (χ1) is 8.93. The number of aliphatic carboxylic acids is 1. The molecular weight excluding hydrogens is 268 g/mol. The molecule has 0 saturated heterocycles. The van der Waals surface area contributed by atoms with Crippen molar-refractivity contribution < 1.29 is 14.7 Å². The summed E-state index contributed by atoms with van der Waals surface area (Å²) in [4.78, 5) is 22.2. The summed E-state index contributed by atoms with van der Waals surface area (Å²) in [7, 11) is 0. The van der Waals surface area contributed by atoms with Gasteiger partial charge in [0, 0.05) is 12.1 Å². The maximum Gasteiger partial charge on any atom is 0.306 e. The summed E-state index contributed by atoms with van der Waals surface area (Å²) >= 11 is 5.83. The SMILES string of the molecule is C[C@@H](CCC(=O)Nc1ccc(C#N)c(Cl)c1)C(=O)O. The molecule has 2 N–H and O–H groups in total. The molecule has 0 bridgehead atoms. The molecule has 1 aromatic rings. The number of amides is 1. The van der Waals surface area contributed by atoms with Crippen LogP contribution in [-0.4, -0.2) is 17.0 Å². The molecule has 0 fully saturated rings. The van der Waals surface area contributed by atoms with Gasteiger partial charge in [-0.2, -0.15) is 5.26 Å². The van der Waals surface area contributed by atoms with E-state index in [2.05, 4.69) is 5.32 Å². The van der Waals surface area contributed by atoms with Crippen molar-refractivity contribution in [2.45, 2.75) is 19.8 Å². The van der Waals surface area contributed by atoms with Gasteiger partial charge in [0.2, 0.25) is 5.91 Å². The molecule has 1 amide bonds. The van der Waals surface area contributed by atoms with E-state index < -0.39 is 11.9 Å². The molecule has 0 aliphatic heterocycles. The van der Waals surface area contributed by atoms with E-state index >= 15 is 0 Å². The van der Waals surface area contributed by atoms with E-state index in [1.165, 1.54) is 12.1 Å². The van der Waals surface area contributed by atoms with Crippen LogP contribution < -0.4 is 5.32 Å². The molecule has 6 heteroatoms. The van der Waals surface area contributed by atoms with Crippen LogP contribution in [0.25, 0.3) is 0 Å². The molecule has 0 radical (unpaired) electrons. The Labute approximate surface area is 115 Å². The molecule has 5 nitrogen and oxygen atoms in total. The summed E-state index contributed by atoms with van der Waals surface area (Å²) < 4.78 is 0. The van der Waals surface area contributed by atoms with Crippen LogP contribution in [0.1, 0.15) is 25.3 Å². The highest BCUT2D eigenvalue weighted by Crippen LogP contribution is 2.20. The van der Waals surface area contributed by atoms with Crippen LogP contribution in [0.5, 0.6) is 0 Å². The number of nitriles is 1. The summed E-state index contributed by atoms with van der Waals surface area (Å²) in [6.45, 7) is 1.55. The minimum absolute atomic E-state index is 0.116. The number of anilines is 1. The van der Waals surface area contributed by atoms with Gasteiger partial charge < -0.3 is 10.4 Å². The van der Waals surface area contributed by atoms with Crippen molar-refractivity contribution in [3.05, 3.63) is 28.8 Å². The number of carbonyl (C=O) groups is 2. The van der Waals surface area contributed by atoms with Gasteiger partial charge in [0.15, 0.2) is 0 Å². The van der Waals surface area contributed by atoms with Crippen LogP contribution in [0.4, 0.5) is 5.69 Å². The molecular formula is C13H13ClN2O3. The summed E-state index contributed by atoms with van der Waals surface area (Å²) in [5.74, 6) is -1.77. The highest BCUT2D eigenvalue weighted by molar-refractivity contribution is 6.32. The lowest BCUT2D eigenvalue weighted by Crippen LogP contribution is -2.16. The number of hydrogen-bond acceptors (Lipinski definition) is 3. The average molecular weight is 281 g/mol. The van der Waals surface area contributed by atoms with Gasteiger partial charge >= 0.3 is 5.97 Å². The Morgan fingerprint density at radius 3 is 2.74 bits per heavy atom. The molecule has 0 aromatic heterocycles. The highest BCUT2D eigenvalue weighted by Gasteiger charge is 2.13. The molecule has 0 spiro atoms. The van der Waals surface area contributed by atoms with Gasteiger partial charge in [-0.3, -0.25) is 9.59 Å². The molecule has 0 heterocycles. The van der Waals surface area contributed by atoms with Crippen molar-refractivity contribution >= 4 is 29.2 Å². The second kappa shape index (κ2) is 6.76. The molecule has 0 aliphatic carbocycles. The van der Waals surface area contributed by atoms with Crippen LogP contribution in [0, 0.1) is 17.2 Å². The lowest BCUT2D eigenvalue weighted by molar-refractivity contribution is -0.141. The third-order valence-corrected chi connectivity index (χ3v) is 2.91. The molecule has 19 heavy (non-hydrogen) atoms. The molecule has 0 aliphatic rings. The number of nitrogens with one attached hydrogen (secondary N) is 1. The number of rotatable bonds is 5. The minimum atomic E-state index is -0.922. The zero-order chi connectivity index (χ0) is 14.4. The largest absolute Gasteiger partial charge is 0.481 e. The maximum atomic E-state index is 11.6. The second-order valence-corrected chi connectivity index (χ2v) is 4.54. The number of benzene rings is 1. The lowest BCUT2D eigenvalue weighted by atomic mass is 10.1. The van der Waals surface area contributed by atoms with Crippen molar-refractivity contribution in [1.29, 1.82) is 5.26 Å². The van der Waals surface area contributed by atoms with E-state index in [1.807, 2.05) is 6.07 Å². The average Bonchev–Trinajstić information content (AvgIpc) is 2.36. The quantitative estimate of drug-likeness (QED) is 0.867. The standard InChI is InChI=1S/C13H13ClN2O3/c1-8(13(18)19)2-5-12(17)16-10-4-3-9(7-15)11(14)6-10/h3-4,6,8H,2,5H2,1H3,(H,16,17)(H,18,19)/t8-/m0/s1. The van der Waals surface area contributed by atoms with Crippen molar-refractivity contribution in [2.75, 3.05) is 5.32 Å². The fraction of sp³-hybridized carbons (Fsp3) is 0.308. The molecule has 0 unspecified atom stereocenters. The van der Waals surface area contributed by atoms with Gasteiger partial charge in [0.1, 0.15) is 6.07 Å². The van der Waals surface area contributed by atoms with E-state index in [0.29, 0.717) is 11.3 Å². The van der Waals surface area contributed by atoms with Crippen LogP contribution in [0.15, 0.2) is 18.2 Å². The summed E-state index contributed by atoms with van der Waals surface area (Å²) in [6.07, 6.45) is 0.385. The van der Waals surface area contributed by atoms with E-state index in [0.717, 1.165) is 0 Å². The van der Waals surface area contributed by atoms with E-state index in [9.17, 15) is 9.59 Å². The van der Waals surface area contributed by atoms with Gasteiger partial charge in [-0.05, 0) is 24.6 Å². The van der Waals surface area contributed by atoms with Crippen molar-refractivity contribution in [3.63, 3.8) is 0 Å². The predicted octanol–water partition coefficient (Wildman–Crippen LogP) is 2.65. The van der Waals surface area contributed by atoms with Crippen molar-refractivity contribution in [3.8, 4) is 6.07 Å². The Hall–Kier alpha value is -2.06. The van der Waals surface area contributed by atoms with Gasteiger partial charge in [-0.15, -0.1) is 0 Å². The summed E-state index contributed by atoms with van der Waals surface area (Å²) in [5, 5.41) is 20.3. The molecule has 0 saturated carbocycles. The van der Waals surface area contributed by atoms with Gasteiger partial charge in [-0.25, -0.2) is 0 Å². The van der Waals surface area contributed by atoms with Crippen LogP contribution in [-0.2, 0) is 9.59 Å². The Morgan fingerprint density at radius 1 is 1.53 bits per heavy atom. The van der Waals surface area contributed by atoms with Gasteiger partial charge in [-0.1, -0.05) is 18.5 Å². The Balaban J connectivity index is 2.56.